The number of carbonyl (C=O) groups is 3. The molecule has 0 bridgehead atoms. The molecule has 4 N–H and O–H groups in total. The topological polar surface area (TPSA) is 121 Å². The first-order valence-corrected chi connectivity index (χ1v) is 5.81. The molecule has 0 radical (unpaired) electrons. The van der Waals surface area contributed by atoms with Crippen molar-refractivity contribution in [2.75, 3.05) is 6.54 Å². The highest BCUT2D eigenvalue weighted by Gasteiger charge is 2.45. The molecule has 7 nitrogen and oxygen atoms in total. The molecule has 18 heavy (non-hydrogen) atoms. The van der Waals surface area contributed by atoms with Crippen molar-refractivity contribution >= 4 is 17.8 Å². The van der Waals surface area contributed by atoms with E-state index < -0.39 is 35.8 Å². The second-order valence-electron chi connectivity index (χ2n) is 4.73. The molecule has 1 amide bonds. The molecule has 0 aromatic heterocycles. The first kappa shape index (κ1) is 14.4. The molecule has 1 saturated heterocycles. The van der Waals surface area contributed by atoms with Crippen LogP contribution in [0.2, 0.25) is 0 Å². The first-order chi connectivity index (χ1) is 8.29. The maximum Gasteiger partial charge on any atom is 0.329 e. The summed E-state index contributed by atoms with van der Waals surface area (Å²) in [6.45, 7) is 1.77. The molecular formula is C11H18N2O5. The molecule has 102 valence electrons. The summed E-state index contributed by atoms with van der Waals surface area (Å²) in [5, 5.41) is 17.8. The van der Waals surface area contributed by atoms with Crippen LogP contribution in [-0.4, -0.2) is 51.1 Å². The van der Waals surface area contributed by atoms with Crippen LogP contribution in [0.3, 0.4) is 0 Å². The predicted molar refractivity (Wildman–Crippen MR) is 61.8 cm³/mol. The van der Waals surface area contributed by atoms with Crippen LogP contribution in [0.5, 0.6) is 0 Å². The lowest BCUT2D eigenvalue weighted by atomic mass is 9.87. The molecule has 1 heterocycles. The summed E-state index contributed by atoms with van der Waals surface area (Å²) in [6.07, 6.45) is 1.29. The van der Waals surface area contributed by atoms with Gasteiger partial charge in [-0.25, -0.2) is 4.79 Å². The highest BCUT2D eigenvalue weighted by atomic mass is 16.4. The number of nitrogens with two attached hydrogens (primary N) is 1. The standard InChI is InChI=1S/C11H18N2O5/c1-11(10(17)18)4-2-3-5-13(11)9(16)7(12)6-8(14)15/h7H,2-6,12H2,1H3,(H,14,15)(H,17,18). The van der Waals surface area contributed by atoms with E-state index in [2.05, 4.69) is 0 Å². The van der Waals surface area contributed by atoms with Gasteiger partial charge in [0.1, 0.15) is 5.54 Å². The molecule has 7 heteroatoms. The van der Waals surface area contributed by atoms with Crippen molar-refractivity contribution in [1.29, 1.82) is 0 Å². The summed E-state index contributed by atoms with van der Waals surface area (Å²) >= 11 is 0. The van der Waals surface area contributed by atoms with Gasteiger partial charge >= 0.3 is 11.9 Å². The molecule has 2 unspecified atom stereocenters. The van der Waals surface area contributed by atoms with Crippen LogP contribution in [0, 0.1) is 0 Å². The Balaban J connectivity index is 2.87. The Morgan fingerprint density at radius 2 is 1.94 bits per heavy atom. The van der Waals surface area contributed by atoms with E-state index in [-0.39, 0.29) is 0 Å². The van der Waals surface area contributed by atoms with Crippen molar-refractivity contribution in [2.24, 2.45) is 5.73 Å². The van der Waals surface area contributed by atoms with Crippen molar-refractivity contribution in [1.82, 2.24) is 4.90 Å². The van der Waals surface area contributed by atoms with Crippen LogP contribution < -0.4 is 5.73 Å². The van der Waals surface area contributed by atoms with Gasteiger partial charge in [0, 0.05) is 6.54 Å². The van der Waals surface area contributed by atoms with Crippen molar-refractivity contribution in [2.45, 2.75) is 44.2 Å². The molecule has 0 aliphatic carbocycles. The lowest BCUT2D eigenvalue weighted by Gasteiger charge is -2.42. The molecule has 0 aromatic carbocycles. The normalized spacial score (nSPS) is 25.6. The van der Waals surface area contributed by atoms with E-state index in [1.54, 1.807) is 0 Å². The van der Waals surface area contributed by atoms with E-state index in [1.165, 1.54) is 11.8 Å². The third-order valence-electron chi connectivity index (χ3n) is 3.33. The highest BCUT2D eigenvalue weighted by Crippen LogP contribution is 2.28. The second-order valence-corrected chi connectivity index (χ2v) is 4.73. The summed E-state index contributed by atoms with van der Waals surface area (Å²) in [4.78, 5) is 35.0. The van der Waals surface area contributed by atoms with Crippen molar-refractivity contribution < 1.29 is 24.6 Å². The molecule has 0 saturated carbocycles. The fraction of sp³-hybridized carbons (Fsp3) is 0.727. The smallest absolute Gasteiger partial charge is 0.329 e. The molecule has 0 spiro atoms. The lowest BCUT2D eigenvalue weighted by molar-refractivity contribution is -0.162. The van der Waals surface area contributed by atoms with Gasteiger partial charge in [-0.1, -0.05) is 0 Å². The van der Waals surface area contributed by atoms with Gasteiger partial charge < -0.3 is 20.8 Å². The summed E-state index contributed by atoms with van der Waals surface area (Å²) < 4.78 is 0. The fourth-order valence-electron chi connectivity index (χ4n) is 2.17. The number of carboxylic acid groups (broad SMARTS) is 2. The van der Waals surface area contributed by atoms with E-state index in [9.17, 15) is 19.5 Å². The van der Waals surface area contributed by atoms with Crippen LogP contribution in [0.1, 0.15) is 32.6 Å². The van der Waals surface area contributed by atoms with E-state index in [1.807, 2.05) is 0 Å². The first-order valence-electron chi connectivity index (χ1n) is 5.81. The van der Waals surface area contributed by atoms with Crippen LogP contribution in [0.15, 0.2) is 0 Å². The Morgan fingerprint density at radius 1 is 1.33 bits per heavy atom. The molecule has 0 aromatic rings. The Morgan fingerprint density at radius 3 is 2.44 bits per heavy atom. The predicted octanol–water partition coefficient (Wildman–Crippen LogP) is -0.356. The van der Waals surface area contributed by atoms with Gasteiger partial charge in [-0.05, 0) is 26.2 Å². The third kappa shape index (κ3) is 2.79. The Bertz CT molecular complexity index is 370. The molecule has 1 aliphatic heterocycles. The minimum Gasteiger partial charge on any atom is -0.481 e. The van der Waals surface area contributed by atoms with E-state index >= 15 is 0 Å². The van der Waals surface area contributed by atoms with Crippen LogP contribution in [-0.2, 0) is 14.4 Å². The Kier molecular flexibility index (Phi) is 4.28. The Labute approximate surface area is 105 Å². The minimum atomic E-state index is -1.29. The third-order valence-corrected chi connectivity index (χ3v) is 3.33. The van der Waals surface area contributed by atoms with Gasteiger partial charge in [-0.3, -0.25) is 9.59 Å². The van der Waals surface area contributed by atoms with E-state index in [0.717, 1.165) is 6.42 Å². The Hall–Kier alpha value is -1.63. The molecule has 2 atom stereocenters. The number of amides is 1. The fourth-order valence-corrected chi connectivity index (χ4v) is 2.17. The summed E-state index contributed by atoms with van der Waals surface area (Å²) in [7, 11) is 0. The molecular weight excluding hydrogens is 240 g/mol. The number of hydrogen-bond donors (Lipinski definition) is 3. The SMILES string of the molecule is CC1(C(=O)O)CCCCN1C(=O)C(N)CC(=O)O. The summed E-state index contributed by atoms with van der Waals surface area (Å²) in [5.74, 6) is -2.87. The summed E-state index contributed by atoms with van der Waals surface area (Å²) in [6, 6.07) is -1.20. The maximum atomic E-state index is 12.0. The zero-order valence-electron chi connectivity index (χ0n) is 10.3. The minimum absolute atomic E-state index is 0.301. The van der Waals surface area contributed by atoms with Crippen molar-refractivity contribution in [3.8, 4) is 0 Å². The number of piperidine rings is 1. The number of rotatable bonds is 4. The second kappa shape index (κ2) is 5.34. The van der Waals surface area contributed by atoms with Gasteiger partial charge in [0.25, 0.3) is 0 Å². The molecule has 1 aliphatic rings. The number of carboxylic acids is 2. The molecule has 1 fully saturated rings. The number of likely N-dealkylation sites (tertiary alicyclic amines) is 1. The largest absolute Gasteiger partial charge is 0.481 e. The average molecular weight is 258 g/mol. The van der Waals surface area contributed by atoms with Gasteiger partial charge in [0.2, 0.25) is 5.91 Å². The monoisotopic (exact) mass is 258 g/mol. The van der Waals surface area contributed by atoms with Gasteiger partial charge in [0.15, 0.2) is 0 Å². The number of nitrogens with zero attached hydrogens (tertiary/aromatic N) is 1. The van der Waals surface area contributed by atoms with E-state index in [4.69, 9.17) is 10.8 Å². The van der Waals surface area contributed by atoms with Crippen LogP contribution in [0.25, 0.3) is 0 Å². The zero-order valence-corrected chi connectivity index (χ0v) is 10.3. The van der Waals surface area contributed by atoms with E-state index in [0.29, 0.717) is 19.4 Å². The summed E-state index contributed by atoms with van der Waals surface area (Å²) in [5.41, 5.74) is 4.22. The van der Waals surface area contributed by atoms with Gasteiger partial charge in [0.05, 0.1) is 12.5 Å². The zero-order chi connectivity index (χ0) is 13.9. The van der Waals surface area contributed by atoms with Crippen molar-refractivity contribution in [3.63, 3.8) is 0 Å². The average Bonchev–Trinajstić information content (AvgIpc) is 2.27. The van der Waals surface area contributed by atoms with Gasteiger partial charge in [-0.15, -0.1) is 0 Å². The molecule has 1 rings (SSSR count). The van der Waals surface area contributed by atoms with Crippen molar-refractivity contribution in [3.05, 3.63) is 0 Å². The van der Waals surface area contributed by atoms with Crippen LogP contribution in [0.4, 0.5) is 0 Å². The number of hydrogen-bond acceptors (Lipinski definition) is 4. The number of aliphatic carboxylic acids is 2. The van der Waals surface area contributed by atoms with Crippen LogP contribution >= 0.6 is 0 Å². The highest BCUT2D eigenvalue weighted by molar-refractivity contribution is 5.91. The lowest BCUT2D eigenvalue weighted by Crippen LogP contribution is -2.61. The maximum absolute atomic E-state index is 12.0. The van der Waals surface area contributed by atoms with Gasteiger partial charge in [-0.2, -0.15) is 0 Å². The quantitative estimate of drug-likeness (QED) is 0.633. The number of carbonyl (C=O) groups excluding carboxylic acids is 1.